The van der Waals surface area contributed by atoms with Gasteiger partial charge in [0, 0.05) is 18.7 Å². The van der Waals surface area contributed by atoms with Crippen LogP contribution in [0.5, 0.6) is 5.88 Å². The lowest BCUT2D eigenvalue weighted by Crippen LogP contribution is -2.08. The molecule has 4 heteroatoms. The zero-order chi connectivity index (χ0) is 17.3. The molecule has 0 saturated heterocycles. The fourth-order valence-corrected chi connectivity index (χ4v) is 2.86. The van der Waals surface area contributed by atoms with E-state index in [1.807, 2.05) is 12.1 Å². The van der Waals surface area contributed by atoms with E-state index < -0.39 is 0 Å². The van der Waals surface area contributed by atoms with Crippen molar-refractivity contribution in [2.24, 2.45) is 0 Å². The summed E-state index contributed by atoms with van der Waals surface area (Å²) in [5.41, 5.74) is 0. The van der Waals surface area contributed by atoms with Crippen LogP contribution >= 0.6 is 12.4 Å². The normalized spacial score (nSPS) is 10.3. The number of pyridine rings is 1. The summed E-state index contributed by atoms with van der Waals surface area (Å²) in [5, 5.41) is 0. The van der Waals surface area contributed by atoms with Crippen molar-refractivity contribution in [2.45, 2.75) is 96.8 Å². The molecule has 3 nitrogen and oxygen atoms in total. The molecule has 0 radical (unpaired) electrons. The minimum Gasteiger partial charge on any atom is -0.407 e. The molecule has 0 fully saturated rings. The lowest BCUT2D eigenvalue weighted by molar-refractivity contribution is -0.134. The number of ether oxygens (including phenoxy) is 1. The Morgan fingerprint density at radius 1 is 0.840 bits per heavy atom. The van der Waals surface area contributed by atoms with Crippen LogP contribution in [-0.4, -0.2) is 11.0 Å². The van der Waals surface area contributed by atoms with Crippen LogP contribution in [-0.2, 0) is 4.79 Å². The predicted octanol–water partition coefficient (Wildman–Crippen LogP) is 6.89. The topological polar surface area (TPSA) is 39.2 Å². The Hall–Kier alpha value is -1.09. The van der Waals surface area contributed by atoms with Crippen LogP contribution in [0, 0.1) is 0 Å². The standard InChI is InChI=1S/C21H35NO2.ClH/c1-2-3-4-5-6-7-8-9-10-11-12-13-14-18-21(23)24-20-17-15-16-19-22-20;/h15-17,19H,2-14,18H2,1H3;1H. The first-order chi connectivity index (χ1) is 11.8. The summed E-state index contributed by atoms with van der Waals surface area (Å²) in [5.74, 6) is 0.231. The van der Waals surface area contributed by atoms with Gasteiger partial charge in [-0.05, 0) is 12.5 Å². The molecule has 0 bridgehead atoms. The van der Waals surface area contributed by atoms with Gasteiger partial charge in [0.2, 0.25) is 5.88 Å². The Bertz CT molecular complexity index is 412. The van der Waals surface area contributed by atoms with Gasteiger partial charge in [-0.1, -0.05) is 90.0 Å². The summed E-state index contributed by atoms with van der Waals surface area (Å²) in [6, 6.07) is 5.34. The van der Waals surface area contributed by atoms with E-state index in [1.165, 1.54) is 70.6 Å². The van der Waals surface area contributed by atoms with Crippen LogP contribution in [0.15, 0.2) is 24.4 Å². The second-order valence-corrected chi connectivity index (χ2v) is 6.63. The van der Waals surface area contributed by atoms with Crippen molar-refractivity contribution in [3.05, 3.63) is 24.4 Å². The lowest BCUT2D eigenvalue weighted by atomic mass is 10.0. The molecule has 1 aromatic rings. The van der Waals surface area contributed by atoms with Crippen molar-refractivity contribution >= 4 is 18.4 Å². The average Bonchev–Trinajstić information content (AvgIpc) is 2.60. The lowest BCUT2D eigenvalue weighted by Gasteiger charge is -2.04. The van der Waals surface area contributed by atoms with Gasteiger partial charge in [-0.15, -0.1) is 12.4 Å². The number of hydrogen-bond donors (Lipinski definition) is 0. The van der Waals surface area contributed by atoms with Gasteiger partial charge in [0.1, 0.15) is 0 Å². The van der Waals surface area contributed by atoms with Gasteiger partial charge in [-0.25, -0.2) is 4.98 Å². The fourth-order valence-electron chi connectivity index (χ4n) is 2.86. The van der Waals surface area contributed by atoms with Gasteiger partial charge in [0.05, 0.1) is 0 Å². The first kappa shape index (κ1) is 23.9. The molecule has 0 spiro atoms. The number of esters is 1. The number of halogens is 1. The third kappa shape index (κ3) is 14.9. The smallest absolute Gasteiger partial charge is 0.312 e. The molecular weight excluding hydrogens is 334 g/mol. The highest BCUT2D eigenvalue weighted by molar-refractivity contribution is 5.85. The summed E-state index contributed by atoms with van der Waals surface area (Å²) < 4.78 is 5.17. The van der Waals surface area contributed by atoms with Crippen molar-refractivity contribution < 1.29 is 9.53 Å². The van der Waals surface area contributed by atoms with Crippen LogP contribution in [0.3, 0.4) is 0 Å². The molecule has 0 aromatic carbocycles. The molecule has 1 aromatic heterocycles. The number of aromatic nitrogens is 1. The molecule has 0 saturated carbocycles. The minimum absolute atomic E-state index is 0. The zero-order valence-electron chi connectivity index (χ0n) is 15.9. The molecule has 0 amide bonds. The number of carbonyl (C=O) groups excluding carboxylic acids is 1. The van der Waals surface area contributed by atoms with E-state index in [0.717, 1.165) is 12.8 Å². The Balaban J connectivity index is 0.00000576. The van der Waals surface area contributed by atoms with Gasteiger partial charge < -0.3 is 4.74 Å². The first-order valence-corrected chi connectivity index (χ1v) is 9.94. The monoisotopic (exact) mass is 369 g/mol. The van der Waals surface area contributed by atoms with Crippen LogP contribution < -0.4 is 4.74 Å². The van der Waals surface area contributed by atoms with Crippen molar-refractivity contribution in [3.8, 4) is 5.88 Å². The van der Waals surface area contributed by atoms with E-state index in [2.05, 4.69) is 11.9 Å². The average molecular weight is 370 g/mol. The van der Waals surface area contributed by atoms with E-state index in [1.54, 1.807) is 12.3 Å². The van der Waals surface area contributed by atoms with Crippen LogP contribution in [0.25, 0.3) is 0 Å². The quantitative estimate of drug-likeness (QED) is 0.249. The van der Waals surface area contributed by atoms with Crippen molar-refractivity contribution in [1.29, 1.82) is 0 Å². The molecule has 1 rings (SSSR count). The van der Waals surface area contributed by atoms with Crippen LogP contribution in [0.1, 0.15) is 96.8 Å². The minimum atomic E-state index is -0.170. The van der Waals surface area contributed by atoms with E-state index in [-0.39, 0.29) is 18.4 Å². The molecule has 0 aliphatic heterocycles. The maximum absolute atomic E-state index is 11.7. The summed E-state index contributed by atoms with van der Waals surface area (Å²) in [6.45, 7) is 2.27. The van der Waals surface area contributed by atoms with Gasteiger partial charge in [0.25, 0.3) is 0 Å². The first-order valence-electron chi connectivity index (χ1n) is 9.94. The SMILES string of the molecule is CCCCCCCCCCCCCCCC(=O)Oc1ccccn1.Cl. The number of rotatable bonds is 15. The maximum atomic E-state index is 11.7. The Kier molecular flexibility index (Phi) is 17.0. The van der Waals surface area contributed by atoms with E-state index >= 15 is 0 Å². The molecule has 0 aliphatic carbocycles. The van der Waals surface area contributed by atoms with Crippen LogP contribution in [0.4, 0.5) is 0 Å². The van der Waals surface area contributed by atoms with Crippen LogP contribution in [0.2, 0.25) is 0 Å². The Labute approximate surface area is 160 Å². The van der Waals surface area contributed by atoms with Crippen molar-refractivity contribution in [1.82, 2.24) is 4.98 Å². The van der Waals surface area contributed by atoms with Gasteiger partial charge in [-0.2, -0.15) is 0 Å². The second kappa shape index (κ2) is 17.7. The van der Waals surface area contributed by atoms with Gasteiger partial charge >= 0.3 is 5.97 Å². The third-order valence-electron chi connectivity index (χ3n) is 4.34. The Morgan fingerprint density at radius 2 is 1.36 bits per heavy atom. The van der Waals surface area contributed by atoms with Gasteiger partial charge in [-0.3, -0.25) is 4.79 Å². The summed E-state index contributed by atoms with van der Waals surface area (Å²) >= 11 is 0. The highest BCUT2D eigenvalue weighted by atomic mass is 35.5. The number of hydrogen-bond acceptors (Lipinski definition) is 3. The second-order valence-electron chi connectivity index (χ2n) is 6.63. The van der Waals surface area contributed by atoms with E-state index in [9.17, 15) is 4.79 Å². The molecule has 0 N–H and O–H groups in total. The highest BCUT2D eigenvalue weighted by Gasteiger charge is 2.04. The summed E-state index contributed by atoms with van der Waals surface area (Å²) in [7, 11) is 0. The molecule has 0 unspecified atom stereocenters. The fraction of sp³-hybridized carbons (Fsp3) is 0.714. The molecular formula is C21H36ClNO2. The summed E-state index contributed by atoms with van der Waals surface area (Å²) in [4.78, 5) is 15.6. The van der Waals surface area contributed by atoms with Crippen molar-refractivity contribution in [3.63, 3.8) is 0 Å². The molecule has 144 valence electrons. The van der Waals surface area contributed by atoms with E-state index in [0.29, 0.717) is 12.3 Å². The number of nitrogens with zero attached hydrogens (tertiary/aromatic N) is 1. The van der Waals surface area contributed by atoms with E-state index in [4.69, 9.17) is 4.74 Å². The van der Waals surface area contributed by atoms with Crippen molar-refractivity contribution in [2.75, 3.05) is 0 Å². The molecule has 0 atom stereocenters. The van der Waals surface area contributed by atoms with Gasteiger partial charge in [0.15, 0.2) is 0 Å². The molecule has 1 heterocycles. The molecule has 0 aliphatic rings. The highest BCUT2D eigenvalue weighted by Crippen LogP contribution is 2.13. The Morgan fingerprint density at radius 3 is 1.84 bits per heavy atom. The third-order valence-corrected chi connectivity index (χ3v) is 4.34. The summed E-state index contributed by atoms with van der Waals surface area (Å²) in [6.07, 6.45) is 19.2. The molecule has 25 heavy (non-hydrogen) atoms. The number of unbranched alkanes of at least 4 members (excludes halogenated alkanes) is 12. The zero-order valence-corrected chi connectivity index (χ0v) is 16.7. The predicted molar refractivity (Wildman–Crippen MR) is 107 cm³/mol. The number of carbonyl (C=O) groups is 1. The maximum Gasteiger partial charge on any atom is 0.312 e. The largest absolute Gasteiger partial charge is 0.407 e.